The number of anilines is 1. The molecule has 23 heavy (non-hydrogen) atoms. The number of unbranched alkanes of at least 4 members (excludes halogenated alkanes) is 2. The van der Waals surface area contributed by atoms with Crippen molar-refractivity contribution in [2.24, 2.45) is 0 Å². The molecule has 1 aromatic carbocycles. The zero-order valence-electron chi connectivity index (χ0n) is 14.3. The Morgan fingerprint density at radius 1 is 1.22 bits per heavy atom. The molecule has 1 N–H and O–H groups in total. The third kappa shape index (κ3) is 5.17. The lowest BCUT2D eigenvalue weighted by atomic mass is 9.97. The molecule has 0 radical (unpaired) electrons. The van der Waals surface area contributed by atoms with Gasteiger partial charge in [-0.1, -0.05) is 57.9 Å². The molecular weight excluding hydrogens is 304 g/mol. The second kappa shape index (κ2) is 8.82. The van der Waals surface area contributed by atoms with Crippen LogP contribution in [0.3, 0.4) is 0 Å². The second-order valence-electron chi connectivity index (χ2n) is 5.97. The summed E-state index contributed by atoms with van der Waals surface area (Å²) in [4.78, 5) is 16.4. The van der Waals surface area contributed by atoms with E-state index in [9.17, 15) is 4.79 Å². The van der Waals surface area contributed by atoms with Gasteiger partial charge in [0, 0.05) is 17.4 Å². The highest BCUT2D eigenvalue weighted by molar-refractivity contribution is 7.14. The molecule has 4 heteroatoms. The molecule has 0 bridgehead atoms. The van der Waals surface area contributed by atoms with E-state index in [-0.39, 0.29) is 5.91 Å². The molecule has 0 aliphatic carbocycles. The first kappa shape index (κ1) is 17.7. The van der Waals surface area contributed by atoms with E-state index in [1.807, 2.05) is 5.38 Å². The number of nitrogens with zero attached hydrogens (tertiary/aromatic N) is 1. The Bertz CT molecular complexity index is 619. The van der Waals surface area contributed by atoms with E-state index >= 15 is 0 Å². The van der Waals surface area contributed by atoms with E-state index in [0.29, 0.717) is 17.5 Å². The molecule has 0 aliphatic rings. The van der Waals surface area contributed by atoms with Gasteiger partial charge in [-0.3, -0.25) is 4.79 Å². The molecule has 0 saturated carbocycles. The van der Waals surface area contributed by atoms with Gasteiger partial charge < -0.3 is 5.32 Å². The molecule has 0 aliphatic heterocycles. The van der Waals surface area contributed by atoms with Crippen LogP contribution in [0.25, 0.3) is 11.3 Å². The van der Waals surface area contributed by atoms with Gasteiger partial charge in [-0.15, -0.1) is 11.3 Å². The van der Waals surface area contributed by atoms with Gasteiger partial charge in [0.25, 0.3) is 0 Å². The summed E-state index contributed by atoms with van der Waals surface area (Å²) in [7, 11) is 0. The summed E-state index contributed by atoms with van der Waals surface area (Å²) in [6, 6.07) is 8.57. The average molecular weight is 330 g/mol. The Morgan fingerprint density at radius 2 is 1.96 bits per heavy atom. The van der Waals surface area contributed by atoms with E-state index in [1.165, 1.54) is 16.9 Å². The standard InChI is InChI=1S/C19H26N2OS/c1-4-6-7-8-18(22)21-19-20-17(13-23-19)16-11-9-15(10-12-16)14(3)5-2/h9-14H,4-8H2,1-3H3,(H,20,21,22). The zero-order chi connectivity index (χ0) is 16.7. The largest absolute Gasteiger partial charge is 0.302 e. The number of rotatable bonds is 8. The number of carbonyl (C=O) groups excluding carboxylic acids is 1. The first-order valence-corrected chi connectivity index (χ1v) is 9.37. The van der Waals surface area contributed by atoms with Crippen molar-refractivity contribution in [3.05, 3.63) is 35.2 Å². The lowest BCUT2D eigenvalue weighted by Crippen LogP contribution is -2.10. The Balaban J connectivity index is 1.97. The van der Waals surface area contributed by atoms with Crippen molar-refractivity contribution in [3.63, 3.8) is 0 Å². The summed E-state index contributed by atoms with van der Waals surface area (Å²) in [5.74, 6) is 0.643. The molecule has 0 saturated heterocycles. The highest BCUT2D eigenvalue weighted by Crippen LogP contribution is 2.27. The topological polar surface area (TPSA) is 42.0 Å². The van der Waals surface area contributed by atoms with Crippen molar-refractivity contribution in [2.45, 2.75) is 58.8 Å². The summed E-state index contributed by atoms with van der Waals surface area (Å²) in [5, 5.41) is 5.59. The van der Waals surface area contributed by atoms with E-state index in [0.717, 1.165) is 36.9 Å². The van der Waals surface area contributed by atoms with Crippen LogP contribution in [0.5, 0.6) is 0 Å². The minimum Gasteiger partial charge on any atom is -0.302 e. The van der Waals surface area contributed by atoms with Crippen LogP contribution in [-0.2, 0) is 4.79 Å². The van der Waals surface area contributed by atoms with Crippen LogP contribution in [-0.4, -0.2) is 10.9 Å². The molecule has 0 spiro atoms. The lowest BCUT2D eigenvalue weighted by Gasteiger charge is -2.08. The summed E-state index contributed by atoms with van der Waals surface area (Å²) >= 11 is 1.48. The summed E-state index contributed by atoms with van der Waals surface area (Å²) in [6.07, 6.45) is 4.88. The molecule has 1 aromatic heterocycles. The number of hydrogen-bond donors (Lipinski definition) is 1. The predicted octanol–water partition coefficient (Wildman–Crippen LogP) is 5.84. The van der Waals surface area contributed by atoms with Gasteiger partial charge in [-0.05, 0) is 24.3 Å². The zero-order valence-corrected chi connectivity index (χ0v) is 15.1. The van der Waals surface area contributed by atoms with Crippen molar-refractivity contribution < 1.29 is 4.79 Å². The third-order valence-electron chi connectivity index (χ3n) is 4.15. The molecule has 0 fully saturated rings. The van der Waals surface area contributed by atoms with Crippen molar-refractivity contribution >= 4 is 22.4 Å². The number of nitrogens with one attached hydrogen (secondary N) is 1. The number of carbonyl (C=O) groups is 1. The minimum absolute atomic E-state index is 0.0615. The average Bonchev–Trinajstić information content (AvgIpc) is 3.03. The first-order chi connectivity index (χ1) is 11.1. The molecule has 2 aromatic rings. The van der Waals surface area contributed by atoms with E-state index in [2.05, 4.69) is 55.3 Å². The molecule has 1 atom stereocenters. The van der Waals surface area contributed by atoms with Gasteiger partial charge in [0.2, 0.25) is 5.91 Å². The Labute approximate surface area is 143 Å². The first-order valence-electron chi connectivity index (χ1n) is 8.49. The maximum atomic E-state index is 11.8. The summed E-state index contributed by atoms with van der Waals surface area (Å²) in [6.45, 7) is 6.58. The van der Waals surface area contributed by atoms with Crippen LogP contribution in [0.15, 0.2) is 29.6 Å². The fourth-order valence-corrected chi connectivity index (χ4v) is 3.14. The van der Waals surface area contributed by atoms with Gasteiger partial charge in [0.05, 0.1) is 5.69 Å². The van der Waals surface area contributed by atoms with Crippen LogP contribution in [0.2, 0.25) is 0 Å². The van der Waals surface area contributed by atoms with Crippen molar-refractivity contribution in [1.29, 1.82) is 0 Å². The number of benzene rings is 1. The molecule has 3 nitrogen and oxygen atoms in total. The van der Waals surface area contributed by atoms with Crippen LogP contribution >= 0.6 is 11.3 Å². The lowest BCUT2D eigenvalue weighted by molar-refractivity contribution is -0.116. The highest BCUT2D eigenvalue weighted by Gasteiger charge is 2.09. The van der Waals surface area contributed by atoms with E-state index in [4.69, 9.17) is 0 Å². The predicted molar refractivity (Wildman–Crippen MR) is 99.0 cm³/mol. The highest BCUT2D eigenvalue weighted by atomic mass is 32.1. The molecular formula is C19H26N2OS. The van der Waals surface area contributed by atoms with Crippen molar-refractivity contribution in [1.82, 2.24) is 4.98 Å². The van der Waals surface area contributed by atoms with Crippen molar-refractivity contribution in [3.8, 4) is 11.3 Å². The third-order valence-corrected chi connectivity index (χ3v) is 4.90. The van der Waals surface area contributed by atoms with Gasteiger partial charge in [0.15, 0.2) is 5.13 Å². The fraction of sp³-hybridized carbons (Fsp3) is 0.474. The van der Waals surface area contributed by atoms with Gasteiger partial charge in [-0.25, -0.2) is 4.98 Å². The molecule has 1 amide bonds. The normalized spacial score (nSPS) is 12.1. The minimum atomic E-state index is 0.0615. The molecule has 2 rings (SSSR count). The molecule has 1 heterocycles. The Morgan fingerprint density at radius 3 is 2.61 bits per heavy atom. The molecule has 1 unspecified atom stereocenters. The van der Waals surface area contributed by atoms with Crippen LogP contribution in [0, 0.1) is 0 Å². The Kier molecular flexibility index (Phi) is 6.78. The fourth-order valence-electron chi connectivity index (χ4n) is 2.40. The quantitative estimate of drug-likeness (QED) is 0.618. The van der Waals surface area contributed by atoms with Gasteiger partial charge >= 0.3 is 0 Å². The summed E-state index contributed by atoms with van der Waals surface area (Å²) < 4.78 is 0. The Hall–Kier alpha value is -1.68. The smallest absolute Gasteiger partial charge is 0.226 e. The second-order valence-corrected chi connectivity index (χ2v) is 6.83. The van der Waals surface area contributed by atoms with Crippen LogP contribution in [0.1, 0.15) is 64.4 Å². The summed E-state index contributed by atoms with van der Waals surface area (Å²) in [5.41, 5.74) is 3.38. The van der Waals surface area contributed by atoms with Gasteiger partial charge in [0.1, 0.15) is 0 Å². The SMILES string of the molecule is CCCCCC(=O)Nc1nc(-c2ccc(C(C)CC)cc2)cs1. The number of hydrogen-bond acceptors (Lipinski definition) is 3. The molecule has 124 valence electrons. The number of aromatic nitrogens is 1. The van der Waals surface area contributed by atoms with E-state index in [1.54, 1.807) is 0 Å². The van der Waals surface area contributed by atoms with E-state index < -0.39 is 0 Å². The maximum absolute atomic E-state index is 11.8. The van der Waals surface area contributed by atoms with Crippen LogP contribution < -0.4 is 5.32 Å². The maximum Gasteiger partial charge on any atom is 0.226 e. The number of amides is 1. The van der Waals surface area contributed by atoms with Gasteiger partial charge in [-0.2, -0.15) is 0 Å². The monoisotopic (exact) mass is 330 g/mol. The van der Waals surface area contributed by atoms with Crippen LogP contribution in [0.4, 0.5) is 5.13 Å². The number of thiazole rings is 1. The van der Waals surface area contributed by atoms with Crippen molar-refractivity contribution in [2.75, 3.05) is 5.32 Å².